The van der Waals surface area contributed by atoms with Crippen molar-refractivity contribution in [2.45, 2.75) is 13.0 Å². The fourth-order valence-electron chi connectivity index (χ4n) is 3.57. The molecule has 0 unspecified atom stereocenters. The van der Waals surface area contributed by atoms with E-state index in [1.165, 1.54) is 5.56 Å². The fourth-order valence-corrected chi connectivity index (χ4v) is 3.57. The van der Waals surface area contributed by atoms with Crippen LogP contribution in [-0.2, 0) is 6.54 Å². The van der Waals surface area contributed by atoms with Gasteiger partial charge in [-0.15, -0.1) is 0 Å². The Bertz CT molecular complexity index is 1310. The van der Waals surface area contributed by atoms with Gasteiger partial charge in [-0.25, -0.2) is 4.98 Å². The molecule has 8 nitrogen and oxygen atoms in total. The Morgan fingerprint density at radius 1 is 1.00 bits per heavy atom. The number of anilines is 2. The number of rotatable bonds is 2. The van der Waals surface area contributed by atoms with Crippen molar-refractivity contribution < 1.29 is 0 Å². The van der Waals surface area contributed by atoms with Crippen molar-refractivity contribution in [1.82, 2.24) is 20.2 Å². The van der Waals surface area contributed by atoms with Crippen molar-refractivity contribution in [3.8, 4) is 11.4 Å². The van der Waals surface area contributed by atoms with Gasteiger partial charge in [-0.1, -0.05) is 12.1 Å². The number of benzene rings is 2. The molecule has 8 heteroatoms. The van der Waals surface area contributed by atoms with E-state index in [2.05, 4.69) is 36.2 Å². The van der Waals surface area contributed by atoms with E-state index in [-0.39, 0.29) is 0 Å². The van der Waals surface area contributed by atoms with Gasteiger partial charge in [-0.3, -0.25) is 15.1 Å². The Morgan fingerprint density at radius 3 is 2.67 bits per heavy atom. The third-order valence-electron chi connectivity index (χ3n) is 5.03. The van der Waals surface area contributed by atoms with Crippen LogP contribution in [0.25, 0.3) is 22.3 Å². The molecule has 0 aliphatic carbocycles. The van der Waals surface area contributed by atoms with Crippen molar-refractivity contribution in [2.75, 3.05) is 11.5 Å². The average molecular weight is 396 g/mol. The van der Waals surface area contributed by atoms with Crippen LogP contribution in [0.5, 0.6) is 0 Å². The van der Waals surface area contributed by atoms with Crippen LogP contribution in [-0.4, -0.2) is 32.1 Å². The van der Waals surface area contributed by atoms with Crippen LogP contribution in [0.15, 0.2) is 70.7 Å². The summed E-state index contributed by atoms with van der Waals surface area (Å²) < 4.78 is 0. The lowest BCUT2D eigenvalue weighted by molar-refractivity contribution is 1.11. The van der Waals surface area contributed by atoms with E-state index < -0.39 is 0 Å². The normalized spacial score (nSPS) is 14.3. The van der Waals surface area contributed by atoms with Crippen molar-refractivity contribution in [2.24, 2.45) is 9.98 Å². The second-order valence-corrected chi connectivity index (χ2v) is 7.06. The molecule has 4 aromatic rings. The molecule has 2 aromatic heterocycles. The Morgan fingerprint density at radius 2 is 1.87 bits per heavy atom. The molecule has 0 spiro atoms. The summed E-state index contributed by atoms with van der Waals surface area (Å²) in [7, 11) is 0. The molecule has 2 aliphatic heterocycles. The maximum absolute atomic E-state index is 5.78. The lowest BCUT2D eigenvalue weighted by atomic mass is 10.0. The first-order valence-electron chi connectivity index (χ1n) is 9.57. The Kier molecular flexibility index (Phi) is 4.36. The Hall–Kier alpha value is -4.20. The molecule has 0 amide bonds. The number of nitrogens with one attached hydrogen (secondary N) is 2. The third-order valence-corrected chi connectivity index (χ3v) is 5.03. The van der Waals surface area contributed by atoms with Crippen LogP contribution in [0.3, 0.4) is 0 Å². The lowest BCUT2D eigenvalue weighted by Gasteiger charge is -2.03. The van der Waals surface area contributed by atoms with Crippen LogP contribution < -0.4 is 11.5 Å². The van der Waals surface area contributed by atoms with Gasteiger partial charge in [-0.2, -0.15) is 5.10 Å². The lowest BCUT2D eigenvalue weighted by Crippen LogP contribution is -2.01. The van der Waals surface area contributed by atoms with E-state index >= 15 is 0 Å². The standard InChI is InChI=1S/C12H11N3.C10H9N5/c13-9-4-3-8-7-15-12(10(8)6-9)11-2-1-5-14-11;11-6-1-2-8-7(3-6)10(15-14-8)9-4-12-5-13-9/h2-6H,1,7,13H2;1-5H,11H2,(H,12,13)(H,14,15). The number of H-pyrrole nitrogens is 2. The summed E-state index contributed by atoms with van der Waals surface area (Å²) in [6.45, 7) is 0.748. The molecule has 0 atom stereocenters. The van der Waals surface area contributed by atoms with E-state index in [9.17, 15) is 0 Å². The average Bonchev–Trinajstić information content (AvgIpc) is 3.52. The maximum atomic E-state index is 5.78. The number of nitrogens with zero attached hydrogens (tertiary/aromatic N) is 4. The molecule has 0 saturated heterocycles. The van der Waals surface area contributed by atoms with Gasteiger partial charge in [0.2, 0.25) is 0 Å². The molecule has 6 rings (SSSR count). The number of aliphatic imine (C=N–C) groups is 2. The zero-order valence-electron chi connectivity index (χ0n) is 16.1. The summed E-state index contributed by atoms with van der Waals surface area (Å²) in [5, 5.41) is 8.18. The molecule has 30 heavy (non-hydrogen) atoms. The summed E-state index contributed by atoms with van der Waals surface area (Å²) in [4.78, 5) is 15.8. The van der Waals surface area contributed by atoms with Crippen molar-refractivity contribution in [3.05, 3.63) is 71.8 Å². The highest BCUT2D eigenvalue weighted by Crippen LogP contribution is 2.27. The molecular weight excluding hydrogens is 376 g/mol. The summed E-state index contributed by atoms with van der Waals surface area (Å²) in [5.74, 6) is 0. The number of imidazole rings is 1. The van der Waals surface area contributed by atoms with E-state index in [4.69, 9.17) is 11.5 Å². The van der Waals surface area contributed by atoms with E-state index in [0.717, 1.165) is 63.6 Å². The second kappa shape index (κ2) is 7.32. The zero-order chi connectivity index (χ0) is 20.5. The predicted octanol–water partition coefficient (Wildman–Crippen LogP) is 3.47. The molecule has 6 N–H and O–H groups in total. The number of hydrogen-bond acceptors (Lipinski definition) is 6. The molecule has 4 heterocycles. The number of allylic oxidation sites excluding steroid dienone is 2. The molecule has 148 valence electrons. The monoisotopic (exact) mass is 396 g/mol. The Labute approximate surface area is 172 Å². The first kappa shape index (κ1) is 17.9. The Balaban J connectivity index is 0.000000128. The van der Waals surface area contributed by atoms with Crippen molar-refractivity contribution in [3.63, 3.8) is 0 Å². The van der Waals surface area contributed by atoms with E-state index in [1.807, 2.05) is 42.6 Å². The molecule has 2 aliphatic rings. The van der Waals surface area contributed by atoms with Gasteiger partial charge in [0.05, 0.1) is 41.7 Å². The zero-order valence-corrected chi connectivity index (χ0v) is 16.1. The molecule has 2 aromatic carbocycles. The van der Waals surface area contributed by atoms with Crippen LogP contribution in [0.1, 0.15) is 17.5 Å². The van der Waals surface area contributed by atoms with Crippen LogP contribution >= 0.6 is 0 Å². The summed E-state index contributed by atoms with van der Waals surface area (Å²) in [6.07, 6.45) is 8.27. The van der Waals surface area contributed by atoms with Gasteiger partial charge >= 0.3 is 0 Å². The molecule has 0 saturated carbocycles. The van der Waals surface area contributed by atoms with Crippen LogP contribution in [0, 0.1) is 0 Å². The molecular formula is C22H20N8. The van der Waals surface area contributed by atoms with Crippen LogP contribution in [0.4, 0.5) is 11.4 Å². The second-order valence-electron chi connectivity index (χ2n) is 7.06. The number of aromatic amines is 2. The number of fused-ring (bicyclic) bond motifs is 2. The van der Waals surface area contributed by atoms with Gasteiger partial charge in [-0.05, 0) is 35.9 Å². The van der Waals surface area contributed by atoms with Gasteiger partial charge < -0.3 is 16.5 Å². The number of aromatic nitrogens is 4. The highest BCUT2D eigenvalue weighted by Gasteiger charge is 2.19. The molecule has 0 radical (unpaired) electrons. The number of nitrogens with two attached hydrogens (primary N) is 2. The maximum Gasteiger partial charge on any atom is 0.118 e. The van der Waals surface area contributed by atoms with E-state index in [0.29, 0.717) is 0 Å². The highest BCUT2D eigenvalue weighted by atomic mass is 15.1. The van der Waals surface area contributed by atoms with Crippen molar-refractivity contribution in [1.29, 1.82) is 0 Å². The van der Waals surface area contributed by atoms with Crippen LogP contribution in [0.2, 0.25) is 0 Å². The molecule has 0 fully saturated rings. The fraction of sp³-hybridized carbons (Fsp3) is 0.0909. The quantitative estimate of drug-likeness (QED) is 0.386. The van der Waals surface area contributed by atoms with Gasteiger partial charge in [0.15, 0.2) is 0 Å². The van der Waals surface area contributed by atoms with E-state index in [1.54, 1.807) is 12.5 Å². The van der Waals surface area contributed by atoms with Gasteiger partial charge in [0, 0.05) is 35.0 Å². The predicted molar refractivity (Wildman–Crippen MR) is 120 cm³/mol. The minimum Gasteiger partial charge on any atom is -0.399 e. The third kappa shape index (κ3) is 3.24. The highest BCUT2D eigenvalue weighted by molar-refractivity contribution is 6.16. The first-order valence-corrected chi connectivity index (χ1v) is 9.57. The van der Waals surface area contributed by atoms with Gasteiger partial charge in [0.25, 0.3) is 0 Å². The minimum atomic E-state index is 0.727. The first-order chi connectivity index (χ1) is 14.7. The summed E-state index contributed by atoms with van der Waals surface area (Å²) in [5.41, 5.74) is 20.1. The topological polar surface area (TPSA) is 134 Å². The smallest absolute Gasteiger partial charge is 0.118 e. The summed E-state index contributed by atoms with van der Waals surface area (Å²) >= 11 is 0. The minimum absolute atomic E-state index is 0.727. The number of nitrogen functional groups attached to an aromatic ring is 2. The van der Waals surface area contributed by atoms with Crippen molar-refractivity contribution >= 4 is 34.2 Å². The van der Waals surface area contributed by atoms with Gasteiger partial charge in [0.1, 0.15) is 5.69 Å². The SMILES string of the molecule is Nc1ccc2[nH]nc(-c3cnc[nH]3)c2c1.Nc1ccc2c(c1)C(C1=CCC=N1)=NC2. The summed E-state index contributed by atoms with van der Waals surface area (Å²) in [6, 6.07) is 11.6. The largest absolute Gasteiger partial charge is 0.399 e. The molecule has 0 bridgehead atoms. The number of hydrogen-bond donors (Lipinski definition) is 4.